The van der Waals surface area contributed by atoms with Gasteiger partial charge in [-0.1, -0.05) is 18.2 Å². The average molecular weight is 382 g/mol. The molecule has 0 aliphatic heterocycles. The molecule has 0 saturated carbocycles. The highest BCUT2D eigenvalue weighted by atomic mass is 32.2. The summed E-state index contributed by atoms with van der Waals surface area (Å²) in [6.07, 6.45) is 6.65. The molecule has 0 saturated heterocycles. The van der Waals surface area contributed by atoms with Gasteiger partial charge in [0.25, 0.3) is 5.91 Å². The number of benzene rings is 1. The van der Waals surface area contributed by atoms with Crippen LogP contribution in [0.3, 0.4) is 0 Å². The lowest BCUT2D eigenvalue weighted by Gasteiger charge is -2.23. The molecule has 1 amide bonds. The maximum atomic E-state index is 12.3. The molecule has 0 spiro atoms. The van der Waals surface area contributed by atoms with Crippen LogP contribution in [0.5, 0.6) is 0 Å². The van der Waals surface area contributed by atoms with Crippen LogP contribution in [0.2, 0.25) is 0 Å². The number of hydrogen-bond donors (Lipinski definition) is 1. The summed E-state index contributed by atoms with van der Waals surface area (Å²) in [5.41, 5.74) is -4.39. The van der Waals surface area contributed by atoms with Crippen molar-refractivity contribution >= 4 is 17.7 Å². The van der Waals surface area contributed by atoms with Crippen LogP contribution in [0.4, 0.5) is 13.2 Å². The zero-order valence-corrected chi connectivity index (χ0v) is 14.8. The second-order valence-corrected chi connectivity index (χ2v) is 7.06. The van der Waals surface area contributed by atoms with Crippen molar-refractivity contribution in [3.63, 3.8) is 0 Å². The smallest absolute Gasteiger partial charge is 0.374 e. The van der Waals surface area contributed by atoms with E-state index in [-0.39, 0.29) is 28.8 Å². The fourth-order valence-corrected chi connectivity index (χ4v) is 2.75. The number of hydrogen-bond acceptors (Lipinski definition) is 4. The Labute approximate surface area is 153 Å². The van der Waals surface area contributed by atoms with Gasteiger partial charge < -0.3 is 10.1 Å². The number of ether oxygens (including phenoxy) is 1. The highest BCUT2D eigenvalue weighted by Gasteiger charge is 2.30. The van der Waals surface area contributed by atoms with E-state index in [1.54, 1.807) is 0 Å². The second-order valence-electron chi connectivity index (χ2n) is 5.92. The number of halogens is 3. The van der Waals surface area contributed by atoms with Crippen molar-refractivity contribution < 1.29 is 22.7 Å². The van der Waals surface area contributed by atoms with Crippen LogP contribution in [0, 0.1) is 11.3 Å². The fraction of sp³-hybridized carbons (Fsp3) is 0.333. The molecule has 1 aliphatic rings. The van der Waals surface area contributed by atoms with Crippen LogP contribution in [-0.2, 0) is 4.74 Å². The van der Waals surface area contributed by atoms with Gasteiger partial charge in [0.1, 0.15) is 5.54 Å². The molecule has 0 aromatic heterocycles. The number of amides is 1. The van der Waals surface area contributed by atoms with Gasteiger partial charge in [-0.05, 0) is 54.9 Å². The predicted molar refractivity (Wildman–Crippen MR) is 92.5 cm³/mol. The second kappa shape index (κ2) is 8.43. The lowest BCUT2D eigenvalue weighted by molar-refractivity contribution is -0.0328. The molecule has 4 nitrogen and oxygen atoms in total. The quantitative estimate of drug-likeness (QED) is 0.718. The Morgan fingerprint density at radius 1 is 1.35 bits per heavy atom. The van der Waals surface area contributed by atoms with Gasteiger partial charge in [0.2, 0.25) is 0 Å². The van der Waals surface area contributed by atoms with E-state index in [9.17, 15) is 23.2 Å². The number of alkyl halides is 3. The molecule has 1 atom stereocenters. The number of nitriles is 1. The van der Waals surface area contributed by atoms with E-state index in [1.165, 1.54) is 31.2 Å². The Balaban J connectivity index is 1.91. The number of thioether (sulfide) groups is 1. The van der Waals surface area contributed by atoms with E-state index < -0.39 is 17.0 Å². The normalized spacial score (nSPS) is 15.9. The zero-order valence-electron chi connectivity index (χ0n) is 14.0. The number of nitrogens with zero attached hydrogens (tertiary/aromatic N) is 1. The maximum Gasteiger partial charge on any atom is 0.446 e. The molecule has 0 bridgehead atoms. The van der Waals surface area contributed by atoms with Crippen LogP contribution < -0.4 is 5.32 Å². The van der Waals surface area contributed by atoms with Gasteiger partial charge in [0.15, 0.2) is 0 Å². The Morgan fingerprint density at radius 3 is 2.58 bits per heavy atom. The predicted octanol–water partition coefficient (Wildman–Crippen LogP) is 4.21. The van der Waals surface area contributed by atoms with Crippen LogP contribution in [0.1, 0.15) is 23.7 Å². The number of allylic oxidation sites excluding steroid dienone is 3. The van der Waals surface area contributed by atoms with E-state index in [4.69, 9.17) is 4.74 Å². The van der Waals surface area contributed by atoms with E-state index in [2.05, 4.69) is 5.32 Å². The minimum absolute atomic E-state index is 0.00537. The van der Waals surface area contributed by atoms with Gasteiger partial charge in [-0.25, -0.2) is 0 Å². The first kappa shape index (κ1) is 20.1. The van der Waals surface area contributed by atoms with E-state index in [0.717, 1.165) is 12.0 Å². The number of carbonyl (C=O) groups excluding carboxylic acids is 1. The Bertz CT molecular complexity index is 751. The maximum absolute atomic E-state index is 12.3. The molecule has 0 heterocycles. The third kappa shape index (κ3) is 6.24. The highest BCUT2D eigenvalue weighted by Crippen LogP contribution is 2.36. The lowest BCUT2D eigenvalue weighted by atomic mass is 10.1. The minimum atomic E-state index is -4.38. The number of carbonyl (C=O) groups is 1. The van der Waals surface area contributed by atoms with Crippen molar-refractivity contribution in [2.45, 2.75) is 29.3 Å². The average Bonchev–Trinajstić information content (AvgIpc) is 3.07. The molecule has 1 unspecified atom stereocenters. The summed E-state index contributed by atoms with van der Waals surface area (Å²) in [7, 11) is 0. The molecule has 1 aromatic rings. The fourth-order valence-electron chi connectivity index (χ4n) is 2.21. The van der Waals surface area contributed by atoms with Crippen LogP contribution >= 0.6 is 11.8 Å². The molecule has 138 valence electrons. The Hall–Kier alpha value is -2.24. The zero-order chi connectivity index (χ0) is 19.2. The van der Waals surface area contributed by atoms with Crippen molar-refractivity contribution in [1.29, 1.82) is 5.26 Å². The Morgan fingerprint density at radius 2 is 2.04 bits per heavy atom. The first-order valence-electron chi connectivity index (χ1n) is 7.73. The summed E-state index contributed by atoms with van der Waals surface area (Å²) in [4.78, 5) is 12.3. The van der Waals surface area contributed by atoms with Gasteiger partial charge in [0.05, 0.1) is 19.3 Å². The summed E-state index contributed by atoms with van der Waals surface area (Å²) in [5.74, 6) is -0.553. The summed E-state index contributed by atoms with van der Waals surface area (Å²) in [6, 6.07) is 7.01. The van der Waals surface area contributed by atoms with Crippen molar-refractivity contribution in [2.75, 3.05) is 13.2 Å². The third-order valence-electron chi connectivity index (χ3n) is 3.51. The lowest BCUT2D eigenvalue weighted by Crippen LogP contribution is -2.48. The summed E-state index contributed by atoms with van der Waals surface area (Å²) < 4.78 is 42.5. The van der Waals surface area contributed by atoms with Gasteiger partial charge in [0, 0.05) is 10.5 Å². The SMILES string of the molecule is CC(C#N)(COCC1=CC=CC1)NC(=O)c1ccc(SC(F)(F)F)cc1. The number of nitrogens with one attached hydrogen (secondary N) is 1. The highest BCUT2D eigenvalue weighted by molar-refractivity contribution is 8.00. The summed E-state index contributed by atoms with van der Waals surface area (Å²) in [5, 5.41) is 11.9. The van der Waals surface area contributed by atoms with Crippen molar-refractivity contribution in [3.8, 4) is 6.07 Å². The minimum Gasteiger partial charge on any atom is -0.374 e. The summed E-state index contributed by atoms with van der Waals surface area (Å²) >= 11 is -0.253. The molecule has 0 radical (unpaired) electrons. The first-order chi connectivity index (χ1) is 12.2. The van der Waals surface area contributed by atoms with Crippen molar-refractivity contribution in [1.82, 2.24) is 5.32 Å². The number of rotatable bonds is 7. The van der Waals surface area contributed by atoms with Crippen LogP contribution in [0.15, 0.2) is 53.0 Å². The molecular formula is C18H17F3N2O2S. The topological polar surface area (TPSA) is 62.1 Å². The van der Waals surface area contributed by atoms with E-state index in [1.807, 2.05) is 24.3 Å². The largest absolute Gasteiger partial charge is 0.446 e. The molecule has 0 fully saturated rings. The molecule has 1 aromatic carbocycles. The van der Waals surface area contributed by atoms with Gasteiger partial charge >= 0.3 is 5.51 Å². The summed E-state index contributed by atoms with van der Waals surface area (Å²) in [6.45, 7) is 1.89. The Kier molecular flexibility index (Phi) is 6.51. The first-order valence-corrected chi connectivity index (χ1v) is 8.54. The van der Waals surface area contributed by atoms with Crippen molar-refractivity contribution in [2.24, 2.45) is 0 Å². The third-order valence-corrected chi connectivity index (χ3v) is 4.25. The molecule has 1 aliphatic carbocycles. The standard InChI is InChI=1S/C18H17F3N2O2S/c1-17(11-22,12-25-10-13-4-2-3-5-13)23-16(24)14-6-8-15(9-7-14)26-18(19,20)21/h2-4,6-9H,5,10,12H2,1H3,(H,23,24). The van der Waals surface area contributed by atoms with Crippen molar-refractivity contribution in [3.05, 3.63) is 53.6 Å². The monoisotopic (exact) mass is 382 g/mol. The molecule has 26 heavy (non-hydrogen) atoms. The molecule has 1 N–H and O–H groups in total. The molecule has 2 rings (SSSR count). The van der Waals surface area contributed by atoms with E-state index in [0.29, 0.717) is 6.61 Å². The van der Waals surface area contributed by atoms with Crippen LogP contribution in [-0.4, -0.2) is 30.2 Å². The van der Waals surface area contributed by atoms with Crippen LogP contribution in [0.25, 0.3) is 0 Å². The van der Waals surface area contributed by atoms with Gasteiger partial charge in [-0.3, -0.25) is 4.79 Å². The van der Waals surface area contributed by atoms with E-state index >= 15 is 0 Å². The van der Waals surface area contributed by atoms with Gasteiger partial charge in [-0.15, -0.1) is 0 Å². The van der Waals surface area contributed by atoms with Gasteiger partial charge in [-0.2, -0.15) is 18.4 Å². The molecule has 8 heteroatoms. The molecular weight excluding hydrogens is 365 g/mol.